The molecule has 0 radical (unpaired) electrons. The van der Waals surface area contributed by atoms with Crippen molar-refractivity contribution in [1.82, 2.24) is 0 Å². The van der Waals surface area contributed by atoms with Gasteiger partial charge in [0.2, 0.25) is 9.84 Å². The van der Waals surface area contributed by atoms with Crippen molar-refractivity contribution in [3.63, 3.8) is 0 Å². The molecule has 1 atom stereocenters. The Balaban J connectivity index is 3.19. The van der Waals surface area contributed by atoms with Crippen LogP contribution in [0.5, 0.6) is 0 Å². The summed E-state index contributed by atoms with van der Waals surface area (Å²) >= 11 is 1.13. The van der Waals surface area contributed by atoms with Gasteiger partial charge in [0.15, 0.2) is 0 Å². The summed E-state index contributed by atoms with van der Waals surface area (Å²) in [6, 6.07) is 6.71. The van der Waals surface area contributed by atoms with E-state index in [0.29, 0.717) is 6.42 Å². The predicted octanol–water partition coefficient (Wildman–Crippen LogP) is 2.74. The second kappa shape index (κ2) is 6.41. The minimum atomic E-state index is -3.51. The molecular formula is C13H18O3S2. The molecule has 0 saturated carbocycles. The van der Waals surface area contributed by atoms with Crippen LogP contribution >= 0.6 is 11.8 Å². The van der Waals surface area contributed by atoms with Crippen LogP contribution < -0.4 is 0 Å². The number of hydrogen-bond donors (Lipinski definition) is 1. The van der Waals surface area contributed by atoms with Gasteiger partial charge in [-0.1, -0.05) is 24.6 Å². The first kappa shape index (κ1) is 15.3. The zero-order valence-electron chi connectivity index (χ0n) is 10.8. The van der Waals surface area contributed by atoms with Crippen LogP contribution in [0, 0.1) is 6.92 Å². The van der Waals surface area contributed by atoms with Gasteiger partial charge in [-0.2, -0.15) is 0 Å². The molecule has 0 unspecified atom stereocenters. The van der Waals surface area contributed by atoms with Gasteiger partial charge in [0.25, 0.3) is 0 Å². The Morgan fingerprint density at radius 1 is 1.39 bits per heavy atom. The van der Waals surface area contributed by atoms with Crippen molar-refractivity contribution in [3.05, 3.63) is 40.1 Å². The van der Waals surface area contributed by atoms with Crippen LogP contribution in [0.25, 0.3) is 0 Å². The molecule has 5 heteroatoms. The van der Waals surface area contributed by atoms with Gasteiger partial charge in [-0.25, -0.2) is 8.42 Å². The molecular weight excluding hydrogens is 268 g/mol. The molecule has 0 heterocycles. The molecule has 1 rings (SSSR count). The first-order valence-corrected chi connectivity index (χ1v) is 8.38. The topological polar surface area (TPSA) is 54.4 Å². The number of hydrogen-bond acceptors (Lipinski definition) is 4. The molecule has 3 nitrogen and oxygen atoms in total. The van der Waals surface area contributed by atoms with E-state index in [2.05, 4.69) is 0 Å². The van der Waals surface area contributed by atoms with Gasteiger partial charge >= 0.3 is 0 Å². The molecule has 100 valence electrons. The van der Waals surface area contributed by atoms with Gasteiger partial charge in [-0.05, 0) is 37.8 Å². The lowest BCUT2D eigenvalue weighted by atomic mass is 10.2. The Morgan fingerprint density at radius 2 is 1.94 bits per heavy atom. The quantitative estimate of drug-likeness (QED) is 0.904. The van der Waals surface area contributed by atoms with Crippen molar-refractivity contribution in [1.29, 1.82) is 0 Å². The van der Waals surface area contributed by atoms with E-state index in [1.165, 1.54) is 6.08 Å². The standard InChI is InChI=1S/C13H18O3S2/c1-4-11(14)9-13(17-3)18(15,16)12-7-5-10(2)6-8-12/h5-9,11,14H,4H2,1-3H3/b13-9+/t11-/m1/s1. The lowest BCUT2D eigenvalue weighted by molar-refractivity contribution is 0.219. The molecule has 0 amide bonds. The van der Waals surface area contributed by atoms with Crippen LogP contribution in [0.3, 0.4) is 0 Å². The minimum Gasteiger partial charge on any atom is -0.389 e. The lowest BCUT2D eigenvalue weighted by Crippen LogP contribution is -2.07. The Hall–Kier alpha value is -0.780. The Bertz CT molecular complexity index is 516. The second-order valence-corrected chi connectivity index (χ2v) is 7.01. The van der Waals surface area contributed by atoms with Gasteiger partial charge in [-0.15, -0.1) is 11.8 Å². The fourth-order valence-electron chi connectivity index (χ4n) is 1.38. The van der Waals surface area contributed by atoms with Crippen LogP contribution in [0.1, 0.15) is 18.9 Å². The SMILES string of the molecule is CC[C@@H](O)/C=C(\SC)S(=O)(=O)c1ccc(C)cc1. The fraction of sp³-hybridized carbons (Fsp3) is 0.385. The van der Waals surface area contributed by atoms with Crippen molar-refractivity contribution in [3.8, 4) is 0 Å². The van der Waals surface area contributed by atoms with Crippen molar-refractivity contribution in [2.24, 2.45) is 0 Å². The van der Waals surface area contributed by atoms with Crippen LogP contribution in [0.2, 0.25) is 0 Å². The van der Waals surface area contributed by atoms with E-state index in [9.17, 15) is 13.5 Å². The highest BCUT2D eigenvalue weighted by Crippen LogP contribution is 2.27. The highest BCUT2D eigenvalue weighted by atomic mass is 32.3. The number of benzene rings is 1. The highest BCUT2D eigenvalue weighted by Gasteiger charge is 2.20. The predicted molar refractivity (Wildman–Crippen MR) is 76.3 cm³/mol. The van der Waals surface area contributed by atoms with Gasteiger partial charge in [0.05, 0.1) is 11.0 Å². The Kier molecular flexibility index (Phi) is 5.44. The van der Waals surface area contributed by atoms with E-state index in [4.69, 9.17) is 0 Å². The average molecular weight is 286 g/mol. The van der Waals surface area contributed by atoms with Gasteiger partial charge in [0.1, 0.15) is 4.24 Å². The average Bonchev–Trinajstić information content (AvgIpc) is 2.35. The summed E-state index contributed by atoms with van der Waals surface area (Å²) < 4.78 is 24.8. The first-order valence-electron chi connectivity index (χ1n) is 5.67. The Morgan fingerprint density at radius 3 is 2.39 bits per heavy atom. The van der Waals surface area contributed by atoms with E-state index in [1.807, 2.05) is 6.92 Å². The van der Waals surface area contributed by atoms with Gasteiger partial charge < -0.3 is 5.11 Å². The van der Waals surface area contributed by atoms with E-state index in [1.54, 1.807) is 37.4 Å². The second-order valence-electron chi connectivity index (χ2n) is 3.98. The molecule has 1 N–H and O–H groups in total. The largest absolute Gasteiger partial charge is 0.389 e. The summed E-state index contributed by atoms with van der Waals surface area (Å²) in [5.41, 5.74) is 1.01. The molecule has 0 aliphatic heterocycles. The maximum Gasteiger partial charge on any atom is 0.212 e. The normalized spacial score (nSPS) is 14.6. The van der Waals surface area contributed by atoms with E-state index in [0.717, 1.165) is 17.3 Å². The smallest absolute Gasteiger partial charge is 0.212 e. The molecule has 0 aliphatic rings. The number of rotatable bonds is 5. The molecule has 1 aromatic carbocycles. The third kappa shape index (κ3) is 3.60. The fourth-order valence-corrected chi connectivity index (χ4v) is 3.90. The number of aryl methyl sites for hydroxylation is 1. The third-order valence-corrected chi connectivity index (χ3v) is 5.80. The van der Waals surface area contributed by atoms with E-state index < -0.39 is 15.9 Å². The van der Waals surface area contributed by atoms with Crippen molar-refractivity contribution in [2.75, 3.05) is 6.26 Å². The summed E-state index contributed by atoms with van der Waals surface area (Å²) in [7, 11) is -3.51. The molecule has 18 heavy (non-hydrogen) atoms. The van der Waals surface area contributed by atoms with Gasteiger partial charge in [-0.3, -0.25) is 0 Å². The van der Waals surface area contributed by atoms with Crippen molar-refractivity contribution < 1.29 is 13.5 Å². The van der Waals surface area contributed by atoms with Crippen LogP contribution in [-0.4, -0.2) is 25.9 Å². The highest BCUT2D eigenvalue weighted by molar-refractivity contribution is 8.18. The maximum atomic E-state index is 12.3. The molecule has 1 aromatic rings. The molecule has 0 aliphatic carbocycles. The van der Waals surface area contributed by atoms with Crippen molar-refractivity contribution in [2.45, 2.75) is 31.3 Å². The number of thioether (sulfide) groups is 1. The molecule has 0 bridgehead atoms. The van der Waals surface area contributed by atoms with E-state index in [-0.39, 0.29) is 9.13 Å². The number of aliphatic hydroxyl groups excluding tert-OH is 1. The van der Waals surface area contributed by atoms with Crippen LogP contribution in [-0.2, 0) is 9.84 Å². The van der Waals surface area contributed by atoms with Crippen LogP contribution in [0.4, 0.5) is 0 Å². The molecule has 0 fully saturated rings. The third-order valence-electron chi connectivity index (χ3n) is 2.54. The van der Waals surface area contributed by atoms with Gasteiger partial charge in [0, 0.05) is 0 Å². The zero-order chi connectivity index (χ0) is 13.8. The monoisotopic (exact) mass is 286 g/mol. The zero-order valence-corrected chi connectivity index (χ0v) is 12.4. The Labute approximate surface area is 113 Å². The molecule has 0 aromatic heterocycles. The molecule has 0 saturated heterocycles. The lowest BCUT2D eigenvalue weighted by Gasteiger charge is -2.09. The summed E-state index contributed by atoms with van der Waals surface area (Å²) in [6.07, 6.45) is 2.86. The number of sulfone groups is 1. The first-order chi connectivity index (χ1) is 8.41. The minimum absolute atomic E-state index is 0.195. The summed E-state index contributed by atoms with van der Waals surface area (Å²) in [4.78, 5) is 0.261. The summed E-state index contributed by atoms with van der Waals surface area (Å²) in [5, 5.41) is 9.56. The van der Waals surface area contributed by atoms with Crippen molar-refractivity contribution >= 4 is 21.6 Å². The summed E-state index contributed by atoms with van der Waals surface area (Å²) in [5.74, 6) is 0. The molecule has 0 spiro atoms. The van der Waals surface area contributed by atoms with Crippen LogP contribution in [0.15, 0.2) is 39.5 Å². The number of aliphatic hydroxyl groups is 1. The summed E-state index contributed by atoms with van der Waals surface area (Å²) in [6.45, 7) is 3.71. The maximum absolute atomic E-state index is 12.3. The van der Waals surface area contributed by atoms with E-state index >= 15 is 0 Å².